The molecule has 0 aromatic heterocycles. The summed E-state index contributed by atoms with van der Waals surface area (Å²) in [6.07, 6.45) is 0.274. The van der Waals surface area contributed by atoms with Crippen LogP contribution in [0, 0.1) is 0 Å². The first-order valence-electron chi connectivity index (χ1n) is 10.5. The Bertz CT molecular complexity index is 780. The van der Waals surface area contributed by atoms with Crippen LogP contribution >= 0.6 is 11.8 Å². The highest BCUT2D eigenvalue weighted by atomic mass is 32.2. The van der Waals surface area contributed by atoms with Crippen LogP contribution < -0.4 is 10.4 Å². The van der Waals surface area contributed by atoms with Gasteiger partial charge < -0.3 is 13.9 Å². The van der Waals surface area contributed by atoms with Crippen molar-refractivity contribution in [2.75, 3.05) is 12.4 Å². The van der Waals surface area contributed by atoms with Gasteiger partial charge in [-0.2, -0.15) is 11.8 Å². The van der Waals surface area contributed by atoms with Gasteiger partial charge in [0, 0.05) is 12.4 Å². The second-order valence-electron chi connectivity index (χ2n) is 9.48. The third-order valence-electron chi connectivity index (χ3n) is 5.94. The smallest absolute Gasteiger partial charge is 0.261 e. The fourth-order valence-electron chi connectivity index (χ4n) is 4.73. The van der Waals surface area contributed by atoms with Crippen LogP contribution in [0.1, 0.15) is 34.6 Å². The fourth-order valence-corrected chi connectivity index (χ4v) is 10.7. The van der Waals surface area contributed by atoms with E-state index in [2.05, 4.69) is 81.4 Å². The zero-order chi connectivity index (χ0) is 20.7. The first-order chi connectivity index (χ1) is 13.7. The van der Waals surface area contributed by atoms with Crippen molar-refractivity contribution in [2.45, 2.75) is 62.9 Å². The summed E-state index contributed by atoms with van der Waals surface area (Å²) in [6, 6.07) is 21.7. The molecule has 1 unspecified atom stereocenters. The largest absolute Gasteiger partial charge is 0.406 e. The Hall–Kier alpha value is -1.11. The van der Waals surface area contributed by atoms with Crippen molar-refractivity contribution >= 4 is 30.5 Å². The summed E-state index contributed by atoms with van der Waals surface area (Å²) in [4.78, 5) is 0. The molecule has 0 amide bonds. The quantitative estimate of drug-likeness (QED) is 0.667. The van der Waals surface area contributed by atoms with Gasteiger partial charge in [0.15, 0.2) is 5.79 Å². The molecule has 3 nitrogen and oxygen atoms in total. The van der Waals surface area contributed by atoms with Gasteiger partial charge in [-0.1, -0.05) is 81.4 Å². The van der Waals surface area contributed by atoms with E-state index in [9.17, 15) is 0 Å². The molecule has 0 aliphatic carbocycles. The number of thioether (sulfide) groups is 1. The van der Waals surface area contributed by atoms with Gasteiger partial charge in [-0.05, 0) is 29.3 Å². The summed E-state index contributed by atoms with van der Waals surface area (Å²) in [5.74, 6) is 0.481. The minimum atomic E-state index is -2.51. The lowest BCUT2D eigenvalue weighted by atomic mass is 10.2. The third kappa shape index (κ3) is 3.96. The van der Waals surface area contributed by atoms with E-state index in [1.54, 1.807) is 0 Å². The van der Waals surface area contributed by atoms with E-state index >= 15 is 0 Å². The van der Waals surface area contributed by atoms with Crippen LogP contribution in [0.5, 0.6) is 0 Å². The molecule has 0 saturated carbocycles. The second-order valence-corrected chi connectivity index (χ2v) is 15.1. The van der Waals surface area contributed by atoms with E-state index in [-0.39, 0.29) is 17.2 Å². The molecule has 156 valence electrons. The molecular formula is C24H32O3SSi. The minimum Gasteiger partial charge on any atom is -0.406 e. The second kappa shape index (κ2) is 7.86. The average molecular weight is 429 g/mol. The third-order valence-corrected chi connectivity index (χ3v) is 12.3. The molecule has 0 spiro atoms. The SMILES string of the molecule is CC1(C)OC2CS[C@H](CO[Si](c3ccccc3)(c3ccccc3)C(C)(C)C)[C@H]2O1. The van der Waals surface area contributed by atoms with Crippen LogP contribution in [0.15, 0.2) is 60.7 Å². The predicted octanol–water partition coefficient (Wildman–Crippen LogP) is 4.20. The summed E-state index contributed by atoms with van der Waals surface area (Å²) in [5.41, 5.74) is 0. The Kier molecular flexibility index (Phi) is 5.73. The summed E-state index contributed by atoms with van der Waals surface area (Å²) >= 11 is 1.92. The number of hydrogen-bond acceptors (Lipinski definition) is 4. The normalized spacial score (nSPS) is 26.4. The molecule has 2 saturated heterocycles. The molecule has 0 bridgehead atoms. The summed E-state index contributed by atoms with van der Waals surface area (Å²) in [7, 11) is -2.51. The van der Waals surface area contributed by atoms with Gasteiger partial charge in [-0.25, -0.2) is 0 Å². The number of ether oxygens (including phenoxy) is 2. The molecule has 0 radical (unpaired) electrons. The summed E-state index contributed by atoms with van der Waals surface area (Å²) in [6.45, 7) is 11.7. The Morgan fingerprint density at radius 3 is 2.03 bits per heavy atom. The van der Waals surface area contributed by atoms with Crippen molar-refractivity contribution in [3.05, 3.63) is 60.7 Å². The molecule has 0 N–H and O–H groups in total. The number of hydrogen-bond donors (Lipinski definition) is 0. The van der Waals surface area contributed by atoms with Crippen molar-refractivity contribution < 1.29 is 13.9 Å². The van der Waals surface area contributed by atoms with Crippen molar-refractivity contribution in [1.29, 1.82) is 0 Å². The Morgan fingerprint density at radius 2 is 1.52 bits per heavy atom. The molecule has 2 aliphatic rings. The zero-order valence-electron chi connectivity index (χ0n) is 18.1. The molecule has 4 rings (SSSR count). The lowest BCUT2D eigenvalue weighted by Gasteiger charge is -2.43. The Morgan fingerprint density at radius 1 is 0.966 bits per heavy atom. The van der Waals surface area contributed by atoms with Crippen LogP contribution in [0.3, 0.4) is 0 Å². The lowest BCUT2D eigenvalue weighted by molar-refractivity contribution is -0.146. The summed E-state index contributed by atoms with van der Waals surface area (Å²) < 4.78 is 19.4. The first-order valence-corrected chi connectivity index (χ1v) is 13.4. The Balaban J connectivity index is 1.68. The number of benzene rings is 2. The van der Waals surface area contributed by atoms with Crippen molar-refractivity contribution in [2.24, 2.45) is 0 Å². The molecule has 2 aromatic carbocycles. The molecule has 29 heavy (non-hydrogen) atoms. The standard InChI is InChI=1S/C24H32O3SSi/c1-23(2,3)29(18-12-8-6-9-13-18,19-14-10-7-11-15-19)25-16-21-22-20(17-28-21)26-24(4,5)27-22/h6-15,20-22H,16-17H2,1-5H3/t20?,21-,22+/m1/s1. The van der Waals surface area contributed by atoms with Gasteiger partial charge in [-0.3, -0.25) is 0 Å². The van der Waals surface area contributed by atoms with E-state index in [4.69, 9.17) is 13.9 Å². The van der Waals surface area contributed by atoms with Gasteiger partial charge in [-0.15, -0.1) is 0 Å². The van der Waals surface area contributed by atoms with Crippen LogP contribution in [0.2, 0.25) is 5.04 Å². The maximum absolute atomic E-state index is 7.11. The average Bonchev–Trinajstić information content (AvgIpc) is 3.18. The zero-order valence-corrected chi connectivity index (χ0v) is 19.9. The van der Waals surface area contributed by atoms with E-state index in [0.717, 1.165) is 5.75 Å². The molecular weight excluding hydrogens is 396 g/mol. The van der Waals surface area contributed by atoms with E-state index < -0.39 is 14.1 Å². The molecule has 2 heterocycles. The van der Waals surface area contributed by atoms with E-state index in [0.29, 0.717) is 11.9 Å². The van der Waals surface area contributed by atoms with E-state index in [1.807, 2.05) is 25.6 Å². The van der Waals surface area contributed by atoms with Gasteiger partial charge in [0.1, 0.15) is 6.10 Å². The van der Waals surface area contributed by atoms with Crippen molar-refractivity contribution in [3.8, 4) is 0 Å². The number of rotatable bonds is 5. The van der Waals surface area contributed by atoms with Gasteiger partial charge in [0.05, 0.1) is 11.4 Å². The lowest BCUT2D eigenvalue weighted by Crippen LogP contribution is -2.67. The molecule has 2 aromatic rings. The first kappa shape index (κ1) is 21.1. The highest BCUT2D eigenvalue weighted by molar-refractivity contribution is 8.00. The number of fused-ring (bicyclic) bond motifs is 1. The Labute approximate surface area is 180 Å². The van der Waals surface area contributed by atoms with Crippen LogP contribution in [-0.2, 0) is 13.9 Å². The van der Waals surface area contributed by atoms with Crippen molar-refractivity contribution in [3.63, 3.8) is 0 Å². The summed E-state index contributed by atoms with van der Waals surface area (Å²) in [5, 5.41) is 2.93. The van der Waals surface area contributed by atoms with Crippen LogP contribution in [-0.4, -0.2) is 43.9 Å². The van der Waals surface area contributed by atoms with E-state index in [1.165, 1.54) is 10.4 Å². The maximum atomic E-state index is 7.11. The van der Waals surface area contributed by atoms with Crippen LogP contribution in [0.4, 0.5) is 0 Å². The predicted molar refractivity (Wildman–Crippen MR) is 124 cm³/mol. The van der Waals surface area contributed by atoms with Gasteiger partial charge >= 0.3 is 0 Å². The maximum Gasteiger partial charge on any atom is 0.261 e. The van der Waals surface area contributed by atoms with Gasteiger partial charge in [0.25, 0.3) is 8.32 Å². The molecule has 2 aliphatic heterocycles. The highest BCUT2D eigenvalue weighted by Gasteiger charge is 2.53. The topological polar surface area (TPSA) is 27.7 Å². The minimum absolute atomic E-state index is 0.00924. The monoisotopic (exact) mass is 428 g/mol. The fraction of sp³-hybridized carbons (Fsp3) is 0.500. The molecule has 5 heteroatoms. The molecule has 3 atom stereocenters. The highest BCUT2D eigenvalue weighted by Crippen LogP contribution is 2.43. The van der Waals surface area contributed by atoms with Crippen molar-refractivity contribution in [1.82, 2.24) is 0 Å². The van der Waals surface area contributed by atoms with Gasteiger partial charge in [0.2, 0.25) is 0 Å². The molecule has 2 fully saturated rings. The van der Waals surface area contributed by atoms with Crippen LogP contribution in [0.25, 0.3) is 0 Å².